The van der Waals surface area contributed by atoms with Crippen molar-refractivity contribution in [1.82, 2.24) is 5.32 Å². The predicted molar refractivity (Wildman–Crippen MR) is 91.2 cm³/mol. The molecule has 0 fully saturated rings. The monoisotopic (exact) mass is 310 g/mol. The van der Waals surface area contributed by atoms with Gasteiger partial charge < -0.3 is 10.6 Å². The van der Waals surface area contributed by atoms with Crippen molar-refractivity contribution in [2.24, 2.45) is 11.8 Å². The van der Waals surface area contributed by atoms with Gasteiger partial charge in [-0.15, -0.1) is 0 Å². The smallest absolute Gasteiger partial charge is 0.252 e. The van der Waals surface area contributed by atoms with Crippen molar-refractivity contribution < 1.29 is 4.79 Å². The molecule has 3 nitrogen and oxygen atoms in total. The van der Waals surface area contributed by atoms with Gasteiger partial charge in [0, 0.05) is 18.8 Å². The molecule has 1 rings (SSSR count). The fourth-order valence-electron chi connectivity index (χ4n) is 2.51. The average molecular weight is 311 g/mol. The number of amides is 1. The van der Waals surface area contributed by atoms with Crippen molar-refractivity contribution in [3.8, 4) is 0 Å². The van der Waals surface area contributed by atoms with Crippen LogP contribution in [-0.2, 0) is 0 Å². The molecule has 0 atom stereocenters. The third-order valence-electron chi connectivity index (χ3n) is 3.32. The minimum absolute atomic E-state index is 0.159. The summed E-state index contributed by atoms with van der Waals surface area (Å²) in [5, 5.41) is 6.64. The van der Waals surface area contributed by atoms with Gasteiger partial charge in [0.1, 0.15) is 0 Å². The molecule has 1 amide bonds. The Hall–Kier alpha value is -1.22. The molecule has 0 aromatic heterocycles. The van der Waals surface area contributed by atoms with Crippen molar-refractivity contribution in [3.05, 3.63) is 28.8 Å². The Morgan fingerprint density at radius 2 is 1.71 bits per heavy atom. The molecule has 0 unspecified atom stereocenters. The van der Waals surface area contributed by atoms with E-state index in [0.29, 0.717) is 28.5 Å². The summed E-state index contributed by atoms with van der Waals surface area (Å²) in [6.45, 7) is 8.92. The van der Waals surface area contributed by atoms with E-state index in [9.17, 15) is 4.79 Å². The normalized spacial score (nSPS) is 11.3. The number of hydrogen-bond donors (Lipinski definition) is 2. The Bertz CT molecular complexity index is 462. The SMILES string of the molecule is CNC(=O)c1cc(NC(CC(C)C)CC(C)C)ccc1Cl. The Balaban J connectivity index is 2.90. The first kappa shape index (κ1) is 17.8. The van der Waals surface area contributed by atoms with Crippen molar-refractivity contribution in [2.75, 3.05) is 12.4 Å². The molecule has 1 aromatic carbocycles. The number of hydrogen-bond acceptors (Lipinski definition) is 2. The molecule has 118 valence electrons. The van der Waals surface area contributed by atoms with Crippen LogP contribution in [0.2, 0.25) is 5.02 Å². The maximum atomic E-state index is 11.8. The Morgan fingerprint density at radius 3 is 2.19 bits per heavy atom. The molecule has 0 radical (unpaired) electrons. The minimum Gasteiger partial charge on any atom is -0.382 e. The van der Waals surface area contributed by atoms with Crippen LogP contribution >= 0.6 is 11.6 Å². The van der Waals surface area contributed by atoms with Crippen LogP contribution in [0.4, 0.5) is 5.69 Å². The summed E-state index contributed by atoms with van der Waals surface area (Å²) in [5.74, 6) is 1.10. The summed E-state index contributed by atoms with van der Waals surface area (Å²) in [5.41, 5.74) is 1.46. The fraction of sp³-hybridized carbons (Fsp3) is 0.588. The zero-order valence-electron chi connectivity index (χ0n) is 13.7. The largest absolute Gasteiger partial charge is 0.382 e. The van der Waals surface area contributed by atoms with Gasteiger partial charge in [0.2, 0.25) is 0 Å². The second kappa shape index (κ2) is 8.28. The predicted octanol–water partition coefficient (Wildman–Crippen LogP) is 4.57. The van der Waals surface area contributed by atoms with Gasteiger partial charge in [-0.1, -0.05) is 39.3 Å². The van der Waals surface area contributed by atoms with E-state index in [-0.39, 0.29) is 5.91 Å². The Labute approximate surface area is 133 Å². The average Bonchev–Trinajstić information content (AvgIpc) is 2.38. The van der Waals surface area contributed by atoms with E-state index in [1.165, 1.54) is 0 Å². The van der Waals surface area contributed by atoms with Crippen LogP contribution in [0.15, 0.2) is 18.2 Å². The lowest BCUT2D eigenvalue weighted by atomic mass is 9.95. The number of carbonyl (C=O) groups is 1. The summed E-state index contributed by atoms with van der Waals surface area (Å²) in [6, 6.07) is 5.94. The topological polar surface area (TPSA) is 41.1 Å². The molecule has 2 N–H and O–H groups in total. The van der Waals surface area contributed by atoms with Crippen LogP contribution < -0.4 is 10.6 Å². The molecule has 0 spiro atoms. The van der Waals surface area contributed by atoms with E-state index in [1.807, 2.05) is 12.1 Å². The van der Waals surface area contributed by atoms with Gasteiger partial charge in [-0.05, 0) is 42.9 Å². The van der Waals surface area contributed by atoms with Crippen LogP contribution in [0.25, 0.3) is 0 Å². The molecular weight excluding hydrogens is 284 g/mol. The summed E-state index contributed by atoms with van der Waals surface area (Å²) >= 11 is 6.09. The summed E-state index contributed by atoms with van der Waals surface area (Å²) < 4.78 is 0. The summed E-state index contributed by atoms with van der Waals surface area (Å²) in [7, 11) is 1.61. The molecule has 0 aliphatic rings. The number of anilines is 1. The van der Waals surface area contributed by atoms with E-state index >= 15 is 0 Å². The molecule has 0 saturated heterocycles. The van der Waals surface area contributed by atoms with E-state index in [4.69, 9.17) is 11.6 Å². The highest BCUT2D eigenvalue weighted by atomic mass is 35.5. The molecular formula is C17H27ClN2O. The van der Waals surface area contributed by atoms with E-state index in [2.05, 4.69) is 38.3 Å². The van der Waals surface area contributed by atoms with Gasteiger partial charge in [-0.25, -0.2) is 0 Å². The highest BCUT2D eigenvalue weighted by Gasteiger charge is 2.15. The van der Waals surface area contributed by atoms with Crippen molar-refractivity contribution >= 4 is 23.2 Å². The first-order valence-corrected chi connectivity index (χ1v) is 7.99. The molecule has 1 aromatic rings. The van der Waals surface area contributed by atoms with Crippen LogP contribution in [0.3, 0.4) is 0 Å². The van der Waals surface area contributed by atoms with Gasteiger partial charge in [0.05, 0.1) is 10.6 Å². The molecule has 4 heteroatoms. The number of halogens is 1. The van der Waals surface area contributed by atoms with Crippen molar-refractivity contribution in [3.63, 3.8) is 0 Å². The van der Waals surface area contributed by atoms with E-state index in [1.54, 1.807) is 13.1 Å². The zero-order chi connectivity index (χ0) is 16.0. The van der Waals surface area contributed by atoms with Gasteiger partial charge in [0.15, 0.2) is 0 Å². The molecule has 0 aliphatic heterocycles. The molecule has 0 saturated carbocycles. The summed E-state index contributed by atoms with van der Waals surface area (Å²) in [6.07, 6.45) is 2.21. The lowest BCUT2D eigenvalue weighted by Crippen LogP contribution is -2.24. The molecule has 0 bridgehead atoms. The molecule has 0 heterocycles. The second-order valence-electron chi connectivity index (χ2n) is 6.37. The Kier molecular flexibility index (Phi) is 7.03. The lowest BCUT2D eigenvalue weighted by Gasteiger charge is -2.24. The quantitative estimate of drug-likeness (QED) is 0.774. The number of nitrogens with one attached hydrogen (secondary N) is 2. The van der Waals surface area contributed by atoms with Crippen molar-refractivity contribution in [2.45, 2.75) is 46.6 Å². The van der Waals surface area contributed by atoms with Gasteiger partial charge in [-0.2, -0.15) is 0 Å². The third-order valence-corrected chi connectivity index (χ3v) is 3.65. The van der Waals surface area contributed by atoms with E-state index < -0.39 is 0 Å². The molecule has 21 heavy (non-hydrogen) atoms. The first-order valence-electron chi connectivity index (χ1n) is 7.61. The zero-order valence-corrected chi connectivity index (χ0v) is 14.4. The van der Waals surface area contributed by atoms with Crippen LogP contribution in [-0.4, -0.2) is 19.0 Å². The highest BCUT2D eigenvalue weighted by Crippen LogP contribution is 2.23. The fourth-order valence-corrected chi connectivity index (χ4v) is 2.71. The highest BCUT2D eigenvalue weighted by molar-refractivity contribution is 6.34. The number of carbonyl (C=O) groups excluding carboxylic acids is 1. The third kappa shape index (κ3) is 5.96. The second-order valence-corrected chi connectivity index (χ2v) is 6.78. The van der Waals surface area contributed by atoms with Crippen molar-refractivity contribution in [1.29, 1.82) is 0 Å². The van der Waals surface area contributed by atoms with Gasteiger partial charge >= 0.3 is 0 Å². The molecule has 0 aliphatic carbocycles. The minimum atomic E-state index is -0.159. The number of benzene rings is 1. The first-order chi connectivity index (χ1) is 9.83. The van der Waals surface area contributed by atoms with Gasteiger partial charge in [0.25, 0.3) is 5.91 Å². The maximum absolute atomic E-state index is 11.8. The summed E-state index contributed by atoms with van der Waals surface area (Å²) in [4.78, 5) is 11.8. The van der Waals surface area contributed by atoms with Crippen LogP contribution in [0.1, 0.15) is 50.9 Å². The number of rotatable bonds is 7. The van der Waals surface area contributed by atoms with Gasteiger partial charge in [-0.3, -0.25) is 4.79 Å². The van der Waals surface area contributed by atoms with E-state index in [0.717, 1.165) is 18.5 Å². The Morgan fingerprint density at radius 1 is 1.14 bits per heavy atom. The lowest BCUT2D eigenvalue weighted by molar-refractivity contribution is 0.0963. The standard InChI is InChI=1S/C17H27ClN2O/c1-11(2)8-14(9-12(3)4)20-13-6-7-16(18)15(10-13)17(21)19-5/h6-7,10-12,14,20H,8-9H2,1-5H3,(H,19,21). The van der Waals surface area contributed by atoms with Crippen LogP contribution in [0.5, 0.6) is 0 Å². The van der Waals surface area contributed by atoms with Crippen LogP contribution in [0, 0.1) is 11.8 Å². The maximum Gasteiger partial charge on any atom is 0.252 e.